The number of hydrogen-bond donors (Lipinski definition) is 1. The van der Waals surface area contributed by atoms with E-state index in [-0.39, 0.29) is 12.4 Å². The van der Waals surface area contributed by atoms with E-state index in [1.807, 2.05) is 0 Å². The first-order valence-electron chi connectivity index (χ1n) is 6.23. The Bertz CT molecular complexity index is 528. The van der Waals surface area contributed by atoms with Crippen LogP contribution in [0.1, 0.15) is 6.42 Å². The fourth-order valence-electron chi connectivity index (χ4n) is 1.86. The standard InChI is InChI=1S/C11H16Br2N2O3S2.ClH/c12-9-8-10(19-11(9)13)20(16,17)14-2-1-3-15-4-6-18-7-5-15;/h8,14H,1-7H2;1H. The molecule has 1 N–H and O–H groups in total. The zero-order valence-corrected chi connectivity index (χ0v) is 16.8. The van der Waals surface area contributed by atoms with Crippen LogP contribution in [0.4, 0.5) is 0 Å². The van der Waals surface area contributed by atoms with Crippen molar-refractivity contribution in [3.05, 3.63) is 14.3 Å². The van der Waals surface area contributed by atoms with Gasteiger partial charge in [-0.2, -0.15) is 0 Å². The van der Waals surface area contributed by atoms with E-state index in [0.717, 1.165) is 47.5 Å². The van der Waals surface area contributed by atoms with Crippen LogP contribution in [0.15, 0.2) is 18.5 Å². The SMILES string of the molecule is Cl.O=S(=O)(NCCCN1CCOCC1)c1cc(Br)c(Br)s1. The molecular formula is C11H17Br2ClN2O3S2. The number of nitrogens with one attached hydrogen (secondary N) is 1. The Morgan fingerprint density at radius 3 is 2.57 bits per heavy atom. The number of thiophene rings is 1. The summed E-state index contributed by atoms with van der Waals surface area (Å²) in [4.78, 5) is 2.29. The molecule has 0 bridgehead atoms. The fraction of sp³-hybridized carbons (Fsp3) is 0.636. The van der Waals surface area contributed by atoms with Gasteiger partial charge >= 0.3 is 0 Å². The van der Waals surface area contributed by atoms with E-state index in [9.17, 15) is 8.42 Å². The molecule has 21 heavy (non-hydrogen) atoms. The van der Waals surface area contributed by atoms with E-state index in [1.165, 1.54) is 11.3 Å². The van der Waals surface area contributed by atoms with Crippen LogP contribution < -0.4 is 4.72 Å². The Balaban J connectivity index is 0.00000220. The van der Waals surface area contributed by atoms with Gasteiger partial charge in [0.2, 0.25) is 10.0 Å². The van der Waals surface area contributed by atoms with E-state index in [1.54, 1.807) is 6.07 Å². The van der Waals surface area contributed by atoms with Crippen LogP contribution in [0.5, 0.6) is 0 Å². The number of rotatable bonds is 6. The van der Waals surface area contributed by atoms with Gasteiger partial charge in [-0.3, -0.25) is 4.90 Å². The van der Waals surface area contributed by atoms with E-state index in [2.05, 4.69) is 41.5 Å². The molecule has 10 heteroatoms. The molecule has 1 fully saturated rings. The molecule has 0 saturated carbocycles. The second-order valence-corrected chi connectivity index (χ2v) is 9.61. The van der Waals surface area contributed by atoms with Crippen molar-refractivity contribution in [3.63, 3.8) is 0 Å². The van der Waals surface area contributed by atoms with Gasteiger partial charge in [0.15, 0.2) is 0 Å². The highest BCUT2D eigenvalue weighted by atomic mass is 79.9. The lowest BCUT2D eigenvalue weighted by Crippen LogP contribution is -2.38. The van der Waals surface area contributed by atoms with Crippen LogP contribution in [0, 0.1) is 0 Å². The summed E-state index contributed by atoms with van der Waals surface area (Å²) in [5.41, 5.74) is 0. The number of sulfonamides is 1. The summed E-state index contributed by atoms with van der Waals surface area (Å²) in [6, 6.07) is 1.61. The van der Waals surface area contributed by atoms with Crippen LogP contribution in [0.2, 0.25) is 0 Å². The molecule has 1 aliphatic rings. The lowest BCUT2D eigenvalue weighted by molar-refractivity contribution is 0.0376. The molecule has 1 saturated heterocycles. The first-order chi connectivity index (χ1) is 9.49. The Kier molecular flexibility index (Phi) is 8.65. The van der Waals surface area contributed by atoms with Crippen molar-refractivity contribution in [1.29, 1.82) is 0 Å². The van der Waals surface area contributed by atoms with Crippen molar-refractivity contribution >= 4 is 65.6 Å². The van der Waals surface area contributed by atoms with Gasteiger partial charge in [0, 0.05) is 24.1 Å². The number of halogens is 3. The normalized spacial score (nSPS) is 16.7. The van der Waals surface area contributed by atoms with Gasteiger partial charge in [0.25, 0.3) is 0 Å². The van der Waals surface area contributed by atoms with Crippen LogP contribution in [-0.4, -0.2) is 52.7 Å². The van der Waals surface area contributed by atoms with Crippen molar-refractivity contribution < 1.29 is 13.2 Å². The van der Waals surface area contributed by atoms with E-state index < -0.39 is 10.0 Å². The lowest BCUT2D eigenvalue weighted by Gasteiger charge is -2.26. The van der Waals surface area contributed by atoms with Crippen LogP contribution in [0.3, 0.4) is 0 Å². The topological polar surface area (TPSA) is 58.6 Å². The molecule has 122 valence electrons. The molecule has 2 heterocycles. The third kappa shape index (κ3) is 6.06. The molecular weight excluding hydrogens is 468 g/mol. The second-order valence-electron chi connectivity index (χ2n) is 4.39. The summed E-state index contributed by atoms with van der Waals surface area (Å²) in [5, 5.41) is 0. The molecule has 0 aliphatic carbocycles. The number of hydrogen-bond acceptors (Lipinski definition) is 5. The molecule has 0 unspecified atom stereocenters. The summed E-state index contributed by atoms with van der Waals surface area (Å²) in [5.74, 6) is 0. The maximum absolute atomic E-state index is 12.1. The van der Waals surface area contributed by atoms with E-state index in [4.69, 9.17) is 4.74 Å². The molecule has 1 aromatic rings. The third-order valence-corrected chi connectivity index (χ3v) is 8.13. The minimum absolute atomic E-state index is 0. The summed E-state index contributed by atoms with van der Waals surface area (Å²) < 4.78 is 33.9. The minimum Gasteiger partial charge on any atom is -0.379 e. The van der Waals surface area contributed by atoms with E-state index in [0.29, 0.717) is 10.8 Å². The van der Waals surface area contributed by atoms with Gasteiger partial charge in [-0.25, -0.2) is 13.1 Å². The molecule has 0 atom stereocenters. The minimum atomic E-state index is -3.40. The fourth-order valence-corrected chi connectivity index (χ4v) is 5.80. The third-order valence-electron chi connectivity index (χ3n) is 2.93. The Morgan fingerprint density at radius 2 is 2.00 bits per heavy atom. The van der Waals surface area contributed by atoms with Gasteiger partial charge in [-0.15, -0.1) is 23.7 Å². The number of nitrogens with zero attached hydrogens (tertiary/aromatic N) is 1. The number of ether oxygens (including phenoxy) is 1. The molecule has 5 nitrogen and oxygen atoms in total. The van der Waals surface area contributed by atoms with Crippen molar-refractivity contribution in [2.45, 2.75) is 10.6 Å². The largest absolute Gasteiger partial charge is 0.379 e. The van der Waals surface area contributed by atoms with Crippen LogP contribution in [0.25, 0.3) is 0 Å². The molecule has 0 spiro atoms. The Morgan fingerprint density at radius 1 is 1.33 bits per heavy atom. The van der Waals surface area contributed by atoms with Crippen LogP contribution in [-0.2, 0) is 14.8 Å². The maximum Gasteiger partial charge on any atom is 0.250 e. The molecule has 0 aromatic carbocycles. The zero-order chi connectivity index (χ0) is 14.6. The van der Waals surface area contributed by atoms with Gasteiger partial charge in [-0.05, 0) is 50.9 Å². The summed E-state index contributed by atoms with van der Waals surface area (Å²) in [6.45, 7) is 4.73. The van der Waals surface area contributed by atoms with Crippen molar-refractivity contribution in [2.75, 3.05) is 39.4 Å². The average molecular weight is 485 g/mol. The molecule has 1 aliphatic heterocycles. The maximum atomic E-state index is 12.1. The molecule has 2 rings (SSSR count). The molecule has 0 radical (unpaired) electrons. The molecule has 1 aromatic heterocycles. The predicted octanol–water partition coefficient (Wildman–Crippen LogP) is 2.70. The summed E-state index contributed by atoms with van der Waals surface area (Å²) in [6.07, 6.45) is 0.799. The smallest absolute Gasteiger partial charge is 0.250 e. The van der Waals surface area contributed by atoms with Crippen molar-refractivity contribution in [3.8, 4) is 0 Å². The van der Waals surface area contributed by atoms with Gasteiger partial charge in [0.1, 0.15) is 4.21 Å². The van der Waals surface area contributed by atoms with Gasteiger partial charge < -0.3 is 4.74 Å². The summed E-state index contributed by atoms with van der Waals surface area (Å²) in [7, 11) is -3.40. The average Bonchev–Trinajstić information content (AvgIpc) is 2.77. The lowest BCUT2D eigenvalue weighted by atomic mass is 10.3. The van der Waals surface area contributed by atoms with E-state index >= 15 is 0 Å². The van der Waals surface area contributed by atoms with Gasteiger partial charge in [0.05, 0.1) is 17.0 Å². The Hall–Kier alpha value is 0.780. The monoisotopic (exact) mass is 482 g/mol. The van der Waals surface area contributed by atoms with Crippen molar-refractivity contribution in [2.24, 2.45) is 0 Å². The zero-order valence-electron chi connectivity index (χ0n) is 11.2. The second kappa shape index (κ2) is 9.17. The van der Waals surface area contributed by atoms with Crippen molar-refractivity contribution in [1.82, 2.24) is 9.62 Å². The highest BCUT2D eigenvalue weighted by Crippen LogP contribution is 2.34. The van der Waals surface area contributed by atoms with Gasteiger partial charge in [-0.1, -0.05) is 0 Å². The first-order valence-corrected chi connectivity index (χ1v) is 10.1. The summed E-state index contributed by atoms with van der Waals surface area (Å²) >= 11 is 7.80. The highest BCUT2D eigenvalue weighted by molar-refractivity contribution is 9.13. The Labute approximate surface area is 152 Å². The first kappa shape index (κ1) is 19.8. The number of morpholine rings is 1. The highest BCUT2D eigenvalue weighted by Gasteiger charge is 2.18. The van der Waals surface area contributed by atoms with Crippen LogP contribution >= 0.6 is 55.6 Å². The quantitative estimate of drug-likeness (QED) is 0.631. The molecule has 0 amide bonds. The predicted molar refractivity (Wildman–Crippen MR) is 94.0 cm³/mol.